The van der Waals surface area contributed by atoms with Crippen LogP contribution in [-0.4, -0.2) is 36.9 Å². The molecule has 0 aliphatic heterocycles. The van der Waals surface area contributed by atoms with Crippen molar-refractivity contribution in [2.45, 2.75) is 28.8 Å². The maximum Gasteiger partial charge on any atom is 0.234 e. The molecule has 0 spiro atoms. The third kappa shape index (κ3) is 5.58. The van der Waals surface area contributed by atoms with Gasteiger partial charge < -0.3 is 10.1 Å². The zero-order valence-electron chi connectivity index (χ0n) is 16.5. The van der Waals surface area contributed by atoms with Crippen LogP contribution in [0.25, 0.3) is 0 Å². The Kier molecular flexibility index (Phi) is 7.07. The van der Waals surface area contributed by atoms with E-state index in [0.717, 1.165) is 11.3 Å². The first-order chi connectivity index (χ1) is 14.4. The molecule has 3 rings (SSSR count). The molecule has 0 saturated carbocycles. The van der Waals surface area contributed by atoms with Gasteiger partial charge in [0.15, 0.2) is 5.03 Å². The van der Waals surface area contributed by atoms with Crippen molar-refractivity contribution in [3.63, 3.8) is 0 Å². The first-order valence-corrected chi connectivity index (χ1v) is 11.7. The zero-order valence-corrected chi connectivity index (χ0v) is 18.2. The van der Waals surface area contributed by atoms with E-state index in [1.54, 1.807) is 54.6 Å². The standard InChI is InChI=1S/C21H21N3O4S2/c1-3-28-17-8-6-16(7-9-17)22-19(25)14-29-20-12-13-21(24-23-20)30(26,27)18-10-4-15(2)5-11-18/h4-13H,3,14H2,1-2H3,(H,22,25). The van der Waals surface area contributed by atoms with Gasteiger partial charge in [-0.2, -0.15) is 0 Å². The summed E-state index contributed by atoms with van der Waals surface area (Å²) in [6.07, 6.45) is 0. The quantitative estimate of drug-likeness (QED) is 0.530. The first kappa shape index (κ1) is 21.8. The molecule has 0 aliphatic carbocycles. The van der Waals surface area contributed by atoms with Crippen LogP contribution in [0.3, 0.4) is 0 Å². The van der Waals surface area contributed by atoms with Gasteiger partial charge in [-0.25, -0.2) is 8.42 Å². The number of thioether (sulfide) groups is 1. The monoisotopic (exact) mass is 443 g/mol. The summed E-state index contributed by atoms with van der Waals surface area (Å²) < 4.78 is 30.6. The van der Waals surface area contributed by atoms with Crippen LogP contribution >= 0.6 is 11.8 Å². The largest absolute Gasteiger partial charge is 0.494 e. The number of nitrogens with zero attached hydrogens (tertiary/aromatic N) is 2. The van der Waals surface area contributed by atoms with Gasteiger partial charge in [0.25, 0.3) is 0 Å². The number of rotatable bonds is 8. The van der Waals surface area contributed by atoms with Crippen LogP contribution in [0, 0.1) is 6.92 Å². The fourth-order valence-corrected chi connectivity index (χ4v) is 4.25. The Balaban J connectivity index is 1.57. The minimum Gasteiger partial charge on any atom is -0.494 e. The SMILES string of the molecule is CCOc1ccc(NC(=O)CSc2ccc(S(=O)(=O)c3ccc(C)cc3)nn2)cc1. The Labute approximate surface area is 179 Å². The lowest BCUT2D eigenvalue weighted by atomic mass is 10.2. The summed E-state index contributed by atoms with van der Waals surface area (Å²) in [6, 6.07) is 16.6. The Morgan fingerprint density at radius 2 is 1.70 bits per heavy atom. The predicted octanol–water partition coefficient (Wildman–Crippen LogP) is 3.75. The maximum absolute atomic E-state index is 12.6. The lowest BCUT2D eigenvalue weighted by Gasteiger charge is -2.07. The number of anilines is 1. The van der Waals surface area contributed by atoms with Gasteiger partial charge in [-0.3, -0.25) is 4.79 Å². The third-order valence-corrected chi connectivity index (χ3v) is 6.60. The van der Waals surface area contributed by atoms with Crippen molar-refractivity contribution in [1.82, 2.24) is 10.2 Å². The van der Waals surface area contributed by atoms with Crippen molar-refractivity contribution < 1.29 is 17.9 Å². The Bertz CT molecular complexity index is 1100. The first-order valence-electron chi connectivity index (χ1n) is 9.19. The van der Waals surface area contributed by atoms with Crippen LogP contribution in [0.5, 0.6) is 5.75 Å². The van der Waals surface area contributed by atoms with Crippen molar-refractivity contribution in [3.05, 3.63) is 66.2 Å². The van der Waals surface area contributed by atoms with Crippen LogP contribution in [0.15, 0.2) is 75.6 Å². The molecule has 0 atom stereocenters. The molecule has 3 aromatic rings. The van der Waals surface area contributed by atoms with E-state index in [4.69, 9.17) is 4.74 Å². The lowest BCUT2D eigenvalue weighted by Crippen LogP contribution is -2.14. The van der Waals surface area contributed by atoms with E-state index in [1.165, 1.54) is 17.8 Å². The molecule has 1 aromatic heterocycles. The second kappa shape index (κ2) is 9.73. The van der Waals surface area contributed by atoms with Gasteiger partial charge in [0.2, 0.25) is 15.7 Å². The van der Waals surface area contributed by atoms with E-state index in [9.17, 15) is 13.2 Å². The molecular formula is C21H21N3O4S2. The molecule has 1 heterocycles. The highest BCUT2D eigenvalue weighted by Crippen LogP contribution is 2.22. The van der Waals surface area contributed by atoms with E-state index in [0.29, 0.717) is 17.3 Å². The van der Waals surface area contributed by atoms with E-state index in [1.807, 2.05) is 13.8 Å². The molecule has 0 radical (unpaired) electrons. The molecular weight excluding hydrogens is 422 g/mol. The number of amides is 1. The summed E-state index contributed by atoms with van der Waals surface area (Å²) >= 11 is 1.17. The summed E-state index contributed by atoms with van der Waals surface area (Å²) in [5.41, 5.74) is 1.63. The van der Waals surface area contributed by atoms with E-state index >= 15 is 0 Å². The molecule has 7 nitrogen and oxygen atoms in total. The van der Waals surface area contributed by atoms with Crippen molar-refractivity contribution in [2.24, 2.45) is 0 Å². The average molecular weight is 444 g/mol. The minimum absolute atomic E-state index is 0.117. The average Bonchev–Trinajstić information content (AvgIpc) is 2.74. The predicted molar refractivity (Wildman–Crippen MR) is 116 cm³/mol. The Morgan fingerprint density at radius 3 is 2.30 bits per heavy atom. The van der Waals surface area contributed by atoms with Crippen LogP contribution in [0.2, 0.25) is 0 Å². The number of aromatic nitrogens is 2. The van der Waals surface area contributed by atoms with Crippen molar-refractivity contribution >= 4 is 33.2 Å². The van der Waals surface area contributed by atoms with Gasteiger partial charge >= 0.3 is 0 Å². The van der Waals surface area contributed by atoms with Crippen molar-refractivity contribution in [2.75, 3.05) is 17.7 Å². The van der Waals surface area contributed by atoms with Crippen LogP contribution < -0.4 is 10.1 Å². The number of aryl methyl sites for hydroxylation is 1. The molecule has 0 fully saturated rings. The third-order valence-electron chi connectivity index (χ3n) is 4.02. The van der Waals surface area contributed by atoms with Gasteiger partial charge in [-0.1, -0.05) is 29.5 Å². The van der Waals surface area contributed by atoms with Crippen LogP contribution in [0.4, 0.5) is 5.69 Å². The van der Waals surface area contributed by atoms with Crippen LogP contribution in [0.1, 0.15) is 12.5 Å². The van der Waals surface area contributed by atoms with Gasteiger partial charge in [-0.05, 0) is 62.4 Å². The molecule has 2 aromatic carbocycles. The van der Waals surface area contributed by atoms with Crippen molar-refractivity contribution in [3.8, 4) is 5.75 Å². The number of hydrogen-bond acceptors (Lipinski definition) is 7. The molecule has 0 aliphatic rings. The second-order valence-electron chi connectivity index (χ2n) is 6.32. The van der Waals surface area contributed by atoms with E-state index in [2.05, 4.69) is 15.5 Å². The van der Waals surface area contributed by atoms with Gasteiger partial charge in [0, 0.05) is 5.69 Å². The highest BCUT2D eigenvalue weighted by atomic mass is 32.2. The van der Waals surface area contributed by atoms with Gasteiger partial charge in [0.05, 0.1) is 17.3 Å². The van der Waals surface area contributed by atoms with Gasteiger partial charge in [0.1, 0.15) is 10.8 Å². The lowest BCUT2D eigenvalue weighted by molar-refractivity contribution is -0.113. The molecule has 1 N–H and O–H groups in total. The van der Waals surface area contributed by atoms with E-state index in [-0.39, 0.29) is 21.6 Å². The second-order valence-corrected chi connectivity index (χ2v) is 9.21. The number of carbonyl (C=O) groups excluding carboxylic acids is 1. The van der Waals surface area contributed by atoms with Crippen LogP contribution in [-0.2, 0) is 14.6 Å². The number of carbonyl (C=O) groups is 1. The fraction of sp³-hybridized carbons (Fsp3) is 0.190. The molecule has 156 valence electrons. The Hall–Kier alpha value is -2.91. The molecule has 9 heteroatoms. The normalized spacial score (nSPS) is 11.1. The van der Waals surface area contributed by atoms with Gasteiger partial charge in [-0.15, -0.1) is 10.2 Å². The number of hydrogen-bond donors (Lipinski definition) is 1. The summed E-state index contributed by atoms with van der Waals surface area (Å²) in [6.45, 7) is 4.36. The highest BCUT2D eigenvalue weighted by molar-refractivity contribution is 7.99. The number of sulfone groups is 1. The number of nitrogens with one attached hydrogen (secondary N) is 1. The molecule has 0 unspecified atom stereocenters. The Morgan fingerprint density at radius 1 is 1.00 bits per heavy atom. The molecule has 30 heavy (non-hydrogen) atoms. The number of ether oxygens (including phenoxy) is 1. The smallest absolute Gasteiger partial charge is 0.234 e. The zero-order chi connectivity index (χ0) is 21.6. The minimum atomic E-state index is -3.72. The maximum atomic E-state index is 12.6. The topological polar surface area (TPSA) is 98.2 Å². The summed E-state index contributed by atoms with van der Waals surface area (Å²) in [7, 11) is -3.72. The summed E-state index contributed by atoms with van der Waals surface area (Å²) in [5, 5.41) is 10.9. The summed E-state index contributed by atoms with van der Waals surface area (Å²) in [5.74, 6) is 0.648. The molecule has 1 amide bonds. The molecule has 0 bridgehead atoms. The fourth-order valence-electron chi connectivity index (χ4n) is 2.50. The van der Waals surface area contributed by atoms with Crippen molar-refractivity contribution in [1.29, 1.82) is 0 Å². The summed E-state index contributed by atoms with van der Waals surface area (Å²) in [4.78, 5) is 12.3. The molecule has 0 saturated heterocycles. The number of benzene rings is 2. The highest BCUT2D eigenvalue weighted by Gasteiger charge is 2.19. The van der Waals surface area contributed by atoms with E-state index < -0.39 is 9.84 Å².